The number of nitrogens with zero attached hydrogens (tertiary/aromatic N) is 5. The van der Waals surface area contributed by atoms with E-state index in [1.165, 1.54) is 23.0 Å². The predicted molar refractivity (Wildman–Crippen MR) is 63.5 cm³/mol. The van der Waals surface area contributed by atoms with Gasteiger partial charge in [0.1, 0.15) is 11.6 Å². The van der Waals surface area contributed by atoms with Crippen molar-refractivity contribution in [3.05, 3.63) is 35.4 Å². The summed E-state index contributed by atoms with van der Waals surface area (Å²) in [5, 5.41) is 23.2. The van der Waals surface area contributed by atoms with Gasteiger partial charge in [-0.15, -0.1) is 10.2 Å². The Kier molecular flexibility index (Phi) is 3.69. The monoisotopic (exact) mass is 265 g/mol. The van der Waals surface area contributed by atoms with Crippen molar-refractivity contribution in [1.82, 2.24) is 20.2 Å². The molecule has 100 valence electrons. The molecule has 8 heteroatoms. The molecule has 0 spiro atoms. The van der Waals surface area contributed by atoms with Crippen LogP contribution in [0.4, 0.5) is 4.39 Å². The Morgan fingerprint density at radius 2 is 2.32 bits per heavy atom. The van der Waals surface area contributed by atoms with Crippen LogP contribution < -0.4 is 4.74 Å². The minimum absolute atomic E-state index is 0.0446. The Balaban J connectivity index is 2.21. The van der Waals surface area contributed by atoms with Crippen LogP contribution in [0.1, 0.15) is 18.3 Å². The fourth-order valence-electron chi connectivity index (χ4n) is 1.49. The number of rotatable bonds is 4. The number of tetrazole rings is 1. The van der Waals surface area contributed by atoms with Crippen LogP contribution in [0.15, 0.2) is 23.4 Å². The van der Waals surface area contributed by atoms with Crippen LogP contribution in [0.5, 0.6) is 5.75 Å². The van der Waals surface area contributed by atoms with Crippen LogP contribution in [0.3, 0.4) is 0 Å². The molecule has 1 aromatic heterocycles. The van der Waals surface area contributed by atoms with Crippen molar-refractivity contribution in [3.63, 3.8) is 0 Å². The highest BCUT2D eigenvalue weighted by Gasteiger charge is 2.10. The van der Waals surface area contributed by atoms with Gasteiger partial charge in [0, 0.05) is 11.6 Å². The van der Waals surface area contributed by atoms with Gasteiger partial charge >= 0.3 is 0 Å². The lowest BCUT2D eigenvalue weighted by Gasteiger charge is -2.09. The molecule has 0 aliphatic heterocycles. The van der Waals surface area contributed by atoms with Crippen molar-refractivity contribution in [1.29, 1.82) is 0 Å². The van der Waals surface area contributed by atoms with Crippen LogP contribution in [-0.4, -0.2) is 31.1 Å². The molecular formula is C11H12FN5O2. The van der Waals surface area contributed by atoms with Gasteiger partial charge in [-0.2, -0.15) is 4.80 Å². The zero-order chi connectivity index (χ0) is 13.8. The molecular weight excluding hydrogens is 253 g/mol. The first-order valence-electron chi connectivity index (χ1n) is 5.44. The molecule has 0 aliphatic carbocycles. The lowest BCUT2D eigenvalue weighted by molar-refractivity contribution is 0.292. The van der Waals surface area contributed by atoms with Crippen LogP contribution in [-0.2, 0) is 13.7 Å². The highest BCUT2D eigenvalue weighted by atomic mass is 19.1. The molecule has 0 unspecified atom stereocenters. The van der Waals surface area contributed by atoms with Gasteiger partial charge in [0.15, 0.2) is 6.61 Å². The van der Waals surface area contributed by atoms with Crippen molar-refractivity contribution in [3.8, 4) is 5.75 Å². The summed E-state index contributed by atoms with van der Waals surface area (Å²) in [7, 11) is 1.63. The summed E-state index contributed by atoms with van der Waals surface area (Å²) in [4.78, 5) is 1.30. The molecule has 0 amide bonds. The average molecular weight is 265 g/mol. The van der Waals surface area contributed by atoms with Gasteiger partial charge in [0.05, 0.1) is 12.8 Å². The Morgan fingerprint density at radius 1 is 1.53 bits per heavy atom. The van der Waals surface area contributed by atoms with Gasteiger partial charge in [-0.1, -0.05) is 5.16 Å². The van der Waals surface area contributed by atoms with Gasteiger partial charge < -0.3 is 9.94 Å². The van der Waals surface area contributed by atoms with Crippen LogP contribution in [0.25, 0.3) is 0 Å². The van der Waals surface area contributed by atoms with Crippen molar-refractivity contribution < 1.29 is 14.3 Å². The summed E-state index contributed by atoms with van der Waals surface area (Å²) in [6.45, 7) is 1.63. The fourth-order valence-corrected chi connectivity index (χ4v) is 1.49. The second-order valence-electron chi connectivity index (χ2n) is 3.81. The van der Waals surface area contributed by atoms with E-state index in [0.29, 0.717) is 17.1 Å². The minimum atomic E-state index is -0.448. The third-order valence-corrected chi connectivity index (χ3v) is 2.39. The highest BCUT2D eigenvalue weighted by molar-refractivity contribution is 6.00. The van der Waals surface area contributed by atoms with E-state index in [1.54, 1.807) is 14.0 Å². The van der Waals surface area contributed by atoms with Crippen LogP contribution >= 0.6 is 0 Å². The predicted octanol–water partition coefficient (Wildman–Crippen LogP) is 1.13. The van der Waals surface area contributed by atoms with E-state index in [0.717, 1.165) is 0 Å². The van der Waals surface area contributed by atoms with Gasteiger partial charge in [0.2, 0.25) is 5.82 Å². The van der Waals surface area contributed by atoms with Crippen LogP contribution in [0.2, 0.25) is 0 Å². The average Bonchev–Trinajstić information content (AvgIpc) is 2.81. The lowest BCUT2D eigenvalue weighted by Crippen LogP contribution is -2.04. The number of hydrogen-bond acceptors (Lipinski definition) is 6. The zero-order valence-electron chi connectivity index (χ0n) is 10.4. The Hall–Kier alpha value is -2.51. The molecule has 2 rings (SSSR count). The number of oxime groups is 1. The molecule has 0 saturated carbocycles. The zero-order valence-corrected chi connectivity index (χ0v) is 10.4. The van der Waals surface area contributed by atoms with E-state index in [1.807, 2.05) is 0 Å². The molecule has 0 atom stereocenters. The number of ether oxygens (including phenoxy) is 1. The van der Waals surface area contributed by atoms with E-state index in [4.69, 9.17) is 9.94 Å². The third kappa shape index (κ3) is 3.03. The molecule has 19 heavy (non-hydrogen) atoms. The molecule has 0 fully saturated rings. The number of halogens is 1. The Labute approximate surface area is 108 Å². The first-order chi connectivity index (χ1) is 9.10. The second-order valence-corrected chi connectivity index (χ2v) is 3.81. The Morgan fingerprint density at radius 3 is 2.95 bits per heavy atom. The number of hydrogen-bond donors (Lipinski definition) is 1. The fraction of sp³-hybridized carbons (Fsp3) is 0.273. The smallest absolute Gasteiger partial charge is 0.212 e. The van der Waals surface area contributed by atoms with Gasteiger partial charge in [-0.3, -0.25) is 0 Å². The van der Waals surface area contributed by atoms with E-state index < -0.39 is 5.82 Å². The first-order valence-corrected chi connectivity index (χ1v) is 5.44. The first kappa shape index (κ1) is 12.9. The molecule has 0 aliphatic rings. The van der Waals surface area contributed by atoms with E-state index in [2.05, 4.69) is 20.6 Å². The van der Waals surface area contributed by atoms with E-state index in [9.17, 15) is 4.39 Å². The van der Waals surface area contributed by atoms with E-state index in [-0.39, 0.29) is 12.4 Å². The summed E-state index contributed by atoms with van der Waals surface area (Å²) in [6.07, 6.45) is 0. The van der Waals surface area contributed by atoms with Crippen molar-refractivity contribution in [2.45, 2.75) is 13.5 Å². The van der Waals surface area contributed by atoms with Crippen molar-refractivity contribution in [2.24, 2.45) is 12.2 Å². The number of aromatic nitrogens is 4. The SMILES string of the molecule is C/C(=N/O)c1ccc(F)cc1OCc1nnn(C)n1. The molecule has 0 bridgehead atoms. The molecule has 7 nitrogen and oxygen atoms in total. The largest absolute Gasteiger partial charge is 0.485 e. The lowest BCUT2D eigenvalue weighted by atomic mass is 10.1. The number of aryl methyl sites for hydroxylation is 1. The third-order valence-electron chi connectivity index (χ3n) is 2.39. The molecule has 1 heterocycles. The maximum Gasteiger partial charge on any atom is 0.212 e. The molecule has 1 N–H and O–H groups in total. The Bertz CT molecular complexity index is 611. The molecule has 0 radical (unpaired) electrons. The quantitative estimate of drug-likeness (QED) is 0.508. The highest BCUT2D eigenvalue weighted by Crippen LogP contribution is 2.21. The maximum atomic E-state index is 13.2. The topological polar surface area (TPSA) is 85.4 Å². The van der Waals surface area contributed by atoms with Gasteiger partial charge in [-0.05, 0) is 24.3 Å². The van der Waals surface area contributed by atoms with Crippen molar-refractivity contribution >= 4 is 5.71 Å². The minimum Gasteiger partial charge on any atom is -0.485 e. The molecule has 0 saturated heterocycles. The van der Waals surface area contributed by atoms with Crippen LogP contribution in [0, 0.1) is 5.82 Å². The molecule has 1 aromatic carbocycles. The summed E-state index contributed by atoms with van der Waals surface area (Å²) in [5.74, 6) is 0.177. The van der Waals surface area contributed by atoms with E-state index >= 15 is 0 Å². The maximum absolute atomic E-state index is 13.2. The van der Waals surface area contributed by atoms with Crippen molar-refractivity contribution in [2.75, 3.05) is 0 Å². The number of benzene rings is 1. The summed E-state index contributed by atoms with van der Waals surface area (Å²) in [5.41, 5.74) is 0.815. The summed E-state index contributed by atoms with van der Waals surface area (Å²) >= 11 is 0. The summed E-state index contributed by atoms with van der Waals surface area (Å²) in [6, 6.07) is 3.95. The van der Waals surface area contributed by atoms with Gasteiger partial charge in [0.25, 0.3) is 0 Å². The molecule has 2 aromatic rings. The standard InChI is InChI=1S/C11H12FN5O2/c1-7(15-18)9-4-3-8(12)5-10(9)19-6-11-13-16-17(2)14-11/h3-5,18H,6H2,1-2H3/b15-7-. The second kappa shape index (κ2) is 5.42. The van der Waals surface area contributed by atoms with Gasteiger partial charge in [-0.25, -0.2) is 4.39 Å². The summed E-state index contributed by atoms with van der Waals surface area (Å²) < 4.78 is 18.6. The normalized spacial score (nSPS) is 11.6.